The van der Waals surface area contributed by atoms with Crippen LogP contribution in [0.4, 0.5) is 34.1 Å². The van der Waals surface area contributed by atoms with Crippen LogP contribution < -0.4 is 26.2 Å². The molecule has 592 valence electrons. The third-order valence-electron chi connectivity index (χ3n) is 27.0. The van der Waals surface area contributed by atoms with Gasteiger partial charge in [0.1, 0.15) is 0 Å². The molecule has 0 amide bonds. The zero-order chi connectivity index (χ0) is 83.6. The lowest BCUT2D eigenvalue weighted by Gasteiger charge is -2.46. The number of hydrogen-bond acceptors (Lipinski definition) is 2. The minimum Gasteiger partial charge on any atom is -0.310 e. The molecule has 0 aliphatic carbocycles. The smallest absolute Gasteiger partial charge is 0.252 e. The van der Waals surface area contributed by atoms with Gasteiger partial charge in [-0.3, -0.25) is 0 Å². The molecule has 2 aromatic heterocycles. The number of para-hydroxylation sites is 2. The van der Waals surface area contributed by atoms with Crippen molar-refractivity contribution in [1.82, 2.24) is 9.13 Å². The summed E-state index contributed by atoms with van der Waals surface area (Å²) >= 11 is 0. The van der Waals surface area contributed by atoms with Gasteiger partial charge in [0.15, 0.2) is 0 Å². The molecule has 2 aliphatic heterocycles. The lowest BCUT2D eigenvalue weighted by Crippen LogP contribution is -2.61. The summed E-state index contributed by atoms with van der Waals surface area (Å²) in [5.74, 6) is 0. The zero-order valence-corrected chi connectivity index (χ0v) is 73.3. The Bertz CT molecular complexity index is 7080. The van der Waals surface area contributed by atoms with Crippen LogP contribution in [0, 0.1) is 0 Å². The van der Waals surface area contributed by atoms with Gasteiger partial charge in [-0.25, -0.2) is 0 Å². The molecule has 21 rings (SSSR count). The van der Waals surface area contributed by atoms with Crippen LogP contribution in [-0.2, 0) is 32.5 Å². The SMILES string of the molecule is CC(C)(C)c1ccc(-c2cc(C(C)(C)C)cc(-c3ccc(C(C)(C)C)cc3)c2N2c3cc(-n4c5ccccc5c5ccccc54)ccc3B3c4ccc(-n5c6ccc7cccc8c9cccc%10ccc5c(c%109)c6c78)cc4N(c4c(-c5ccc(C(C)(C)C)cc5)cc(C(C)(C)C)cc4-c4ccc(C(C)(C)C)cc4)c4cc(-c5ccccc5)cc2c43)cc1. The number of aromatic nitrogens is 2. The molecule has 5 heteroatoms. The molecule has 0 unspecified atom stereocenters. The molecule has 0 spiro atoms. The molecule has 0 radical (unpaired) electrons. The predicted molar refractivity (Wildman–Crippen MR) is 523 cm³/mol. The van der Waals surface area contributed by atoms with Crippen LogP contribution in [0.5, 0.6) is 0 Å². The summed E-state index contributed by atoms with van der Waals surface area (Å²) < 4.78 is 5.14. The lowest BCUT2D eigenvalue weighted by atomic mass is 9.33. The Labute approximate surface area is 714 Å². The first-order valence-corrected chi connectivity index (χ1v) is 43.6. The van der Waals surface area contributed by atoms with Crippen molar-refractivity contribution in [2.75, 3.05) is 9.80 Å². The van der Waals surface area contributed by atoms with Crippen LogP contribution in [0.15, 0.2) is 309 Å². The summed E-state index contributed by atoms with van der Waals surface area (Å²) in [4.78, 5) is 5.56. The summed E-state index contributed by atoms with van der Waals surface area (Å²) in [5.41, 5.74) is 35.8. The standard InChI is InChI=1S/C116H105BN4/c1-111(2,3)78-48-38-71(39-49-78)90-64-82(115(13,14)15)65-91(72-40-50-79(51-41-72)112(4,5)6)109(90)120-100-68-84(118-96-36-24-22-32-86(96)87-33-23-25-37-97(87)118)56-58-94(100)117-95-59-57-85(119-98-60-46-75-30-26-34-88-89-35-27-31-76-47-61-99(119)107(105(76)89)106(98)104(75)88)69-101(95)121(103-63-77(62-102(120)108(103)117)70-28-20-19-21-29-70)110-92(73-42-52-80(53-43-73)113(7,8)9)66-83(116(16,17)18)67-93(110)74-44-54-81(55-45-74)114(10,11)12/h19-69H,1-18H3. The van der Waals surface area contributed by atoms with Gasteiger partial charge < -0.3 is 18.9 Å². The van der Waals surface area contributed by atoms with E-state index in [9.17, 15) is 0 Å². The summed E-state index contributed by atoms with van der Waals surface area (Å²) in [6, 6.07) is 122. The van der Waals surface area contributed by atoms with E-state index in [0.717, 1.165) is 78.9 Å². The molecular weight excluding hydrogens is 1460 g/mol. The minimum absolute atomic E-state index is 0.0774. The van der Waals surface area contributed by atoms with Crippen molar-refractivity contribution >= 4 is 133 Å². The van der Waals surface area contributed by atoms with Crippen LogP contribution >= 0.6 is 0 Å². The highest BCUT2D eigenvalue weighted by atomic mass is 15.2. The second-order valence-electron chi connectivity index (χ2n) is 41.0. The molecule has 121 heavy (non-hydrogen) atoms. The van der Waals surface area contributed by atoms with E-state index in [-0.39, 0.29) is 39.2 Å². The Hall–Kier alpha value is -12.7. The van der Waals surface area contributed by atoms with E-state index in [1.165, 1.54) is 148 Å². The lowest BCUT2D eigenvalue weighted by molar-refractivity contribution is 0.589. The number of nitrogens with zero attached hydrogens (tertiary/aromatic N) is 4. The normalized spacial score (nSPS) is 13.5. The van der Waals surface area contributed by atoms with Gasteiger partial charge in [0.25, 0.3) is 6.71 Å². The number of fused-ring (bicyclic) bond motifs is 8. The van der Waals surface area contributed by atoms with Gasteiger partial charge in [-0.1, -0.05) is 349 Å². The van der Waals surface area contributed by atoms with Crippen molar-refractivity contribution < 1.29 is 0 Å². The summed E-state index contributed by atoms with van der Waals surface area (Å²) in [7, 11) is 0. The molecule has 17 aromatic carbocycles. The fraction of sp³-hybridized carbons (Fsp3) is 0.207. The molecule has 4 heterocycles. The highest BCUT2D eigenvalue weighted by molar-refractivity contribution is 7.00. The van der Waals surface area contributed by atoms with E-state index < -0.39 is 0 Å². The first kappa shape index (κ1) is 75.8. The average Bonchev–Trinajstić information content (AvgIpc) is 1.68. The van der Waals surface area contributed by atoms with E-state index >= 15 is 0 Å². The molecule has 2 aliphatic rings. The van der Waals surface area contributed by atoms with Crippen molar-refractivity contribution in [3.8, 4) is 67.0 Å². The van der Waals surface area contributed by atoms with Gasteiger partial charge in [0, 0.05) is 77.9 Å². The quantitative estimate of drug-likeness (QED) is 0.0813. The van der Waals surface area contributed by atoms with Crippen molar-refractivity contribution in [2.24, 2.45) is 0 Å². The van der Waals surface area contributed by atoms with E-state index in [4.69, 9.17) is 0 Å². The van der Waals surface area contributed by atoms with E-state index in [0.29, 0.717) is 0 Å². The van der Waals surface area contributed by atoms with Gasteiger partial charge in [0.2, 0.25) is 0 Å². The van der Waals surface area contributed by atoms with Gasteiger partial charge in [-0.05, 0) is 233 Å². The molecule has 0 saturated carbocycles. The molecule has 4 nitrogen and oxygen atoms in total. The fourth-order valence-corrected chi connectivity index (χ4v) is 20.3. The summed E-state index contributed by atoms with van der Waals surface area (Å²) in [5, 5.41) is 12.8. The minimum atomic E-state index is -0.303. The largest absolute Gasteiger partial charge is 0.310 e. The van der Waals surface area contributed by atoms with Crippen LogP contribution in [0.1, 0.15) is 158 Å². The number of anilines is 6. The maximum absolute atomic E-state index is 2.79. The Morgan fingerprint density at radius 1 is 0.215 bits per heavy atom. The predicted octanol–water partition coefficient (Wildman–Crippen LogP) is 30.4. The van der Waals surface area contributed by atoms with E-state index in [1.54, 1.807) is 0 Å². The molecule has 0 N–H and O–H groups in total. The maximum atomic E-state index is 2.79. The molecule has 19 aromatic rings. The first-order chi connectivity index (χ1) is 57.8. The summed E-state index contributed by atoms with van der Waals surface area (Å²) in [6.07, 6.45) is 0. The van der Waals surface area contributed by atoms with Gasteiger partial charge in [-0.15, -0.1) is 0 Å². The van der Waals surface area contributed by atoms with Crippen molar-refractivity contribution in [2.45, 2.75) is 157 Å². The van der Waals surface area contributed by atoms with Gasteiger partial charge in [-0.2, -0.15) is 0 Å². The molecule has 0 saturated heterocycles. The van der Waals surface area contributed by atoms with E-state index in [2.05, 4.69) is 453 Å². The highest BCUT2D eigenvalue weighted by Crippen LogP contribution is 2.57. The highest BCUT2D eigenvalue weighted by Gasteiger charge is 2.47. The Morgan fingerprint density at radius 2 is 0.537 bits per heavy atom. The van der Waals surface area contributed by atoms with Crippen molar-refractivity contribution in [3.05, 3.63) is 343 Å². The molecular formula is C116H105BN4. The van der Waals surface area contributed by atoms with Crippen LogP contribution in [-0.4, -0.2) is 15.8 Å². The average molecular weight is 1570 g/mol. The van der Waals surface area contributed by atoms with Gasteiger partial charge in [0.05, 0.1) is 33.4 Å². The molecule has 0 bridgehead atoms. The Kier molecular flexibility index (Phi) is 16.8. The topological polar surface area (TPSA) is 16.3 Å². The number of benzene rings is 17. The maximum Gasteiger partial charge on any atom is 0.252 e. The number of hydrogen-bond donors (Lipinski definition) is 0. The summed E-state index contributed by atoms with van der Waals surface area (Å²) in [6.45, 7) is 42.0. The zero-order valence-electron chi connectivity index (χ0n) is 73.3. The van der Waals surface area contributed by atoms with Crippen molar-refractivity contribution in [1.29, 1.82) is 0 Å². The molecule has 0 fully saturated rings. The van der Waals surface area contributed by atoms with Gasteiger partial charge >= 0.3 is 0 Å². The monoisotopic (exact) mass is 1560 g/mol. The Balaban J connectivity index is 0.960. The first-order valence-electron chi connectivity index (χ1n) is 43.6. The second-order valence-corrected chi connectivity index (χ2v) is 41.0. The fourth-order valence-electron chi connectivity index (χ4n) is 20.3. The van der Waals surface area contributed by atoms with E-state index in [1.807, 2.05) is 0 Å². The third-order valence-corrected chi connectivity index (χ3v) is 27.0. The number of rotatable bonds is 9. The van der Waals surface area contributed by atoms with Crippen LogP contribution in [0.25, 0.3) is 143 Å². The van der Waals surface area contributed by atoms with Crippen LogP contribution in [0.2, 0.25) is 0 Å². The second kappa shape index (κ2) is 26.9. The van der Waals surface area contributed by atoms with Crippen molar-refractivity contribution in [3.63, 3.8) is 0 Å². The Morgan fingerprint density at radius 3 is 0.884 bits per heavy atom. The molecule has 0 atom stereocenters. The third kappa shape index (κ3) is 12.1. The van der Waals surface area contributed by atoms with Crippen LogP contribution in [0.3, 0.4) is 0 Å².